The van der Waals surface area contributed by atoms with Gasteiger partial charge in [-0.2, -0.15) is 0 Å². The van der Waals surface area contributed by atoms with Crippen LogP contribution >= 0.6 is 0 Å². The number of hydrogen-bond donors (Lipinski definition) is 4. The first-order chi connectivity index (χ1) is 15.7. The molecule has 0 aromatic heterocycles. The van der Waals surface area contributed by atoms with Crippen LogP contribution < -0.4 is 5.73 Å². The van der Waals surface area contributed by atoms with Crippen LogP contribution in [0.4, 0.5) is 0 Å². The number of rotatable bonds is 3. The number of aromatic hydroxyl groups is 1. The molecule has 5 N–H and O–H groups in total. The molecule has 2 saturated carbocycles. The zero-order chi connectivity index (χ0) is 23.4. The van der Waals surface area contributed by atoms with Gasteiger partial charge in [0.2, 0.25) is 0 Å². The van der Waals surface area contributed by atoms with E-state index in [4.69, 9.17) is 10.5 Å². The number of benzene rings is 1. The molecule has 0 amide bonds. The van der Waals surface area contributed by atoms with E-state index in [1.54, 1.807) is 6.07 Å². The zero-order valence-corrected chi connectivity index (χ0v) is 20.0. The normalized spacial score (nSPS) is 41.2. The Morgan fingerprint density at radius 3 is 2.70 bits per heavy atom. The third kappa shape index (κ3) is 3.71. The van der Waals surface area contributed by atoms with Crippen molar-refractivity contribution in [1.29, 1.82) is 0 Å². The summed E-state index contributed by atoms with van der Waals surface area (Å²) in [5, 5.41) is 30.4. The summed E-state index contributed by atoms with van der Waals surface area (Å²) in [5.41, 5.74) is 8.12. The van der Waals surface area contributed by atoms with Crippen LogP contribution in [0.3, 0.4) is 0 Å². The molecular weight excluding hydrogens is 414 g/mol. The molecule has 0 radical (unpaired) electrons. The van der Waals surface area contributed by atoms with Crippen molar-refractivity contribution < 1.29 is 20.1 Å². The van der Waals surface area contributed by atoms with Crippen molar-refractivity contribution >= 4 is 0 Å². The Morgan fingerprint density at radius 1 is 1.15 bits per heavy atom. The first kappa shape index (κ1) is 23.2. The molecule has 180 valence electrons. The highest BCUT2D eigenvalue weighted by atomic mass is 16.5. The SMILES string of the molecule is CC1(C)O[C@@]23CC[C@@H]1[C@@](N)(CCO)[C@@H]2C#CCc1cc(O)ccc1C[C@@H]1C[C@@H](CO)C[C@@H]3C1. The van der Waals surface area contributed by atoms with E-state index in [9.17, 15) is 15.3 Å². The number of aliphatic hydroxyl groups is 2. The van der Waals surface area contributed by atoms with Gasteiger partial charge in [-0.25, -0.2) is 0 Å². The molecule has 1 aromatic carbocycles. The molecular formula is C28H39NO4. The van der Waals surface area contributed by atoms with Gasteiger partial charge < -0.3 is 25.8 Å². The molecule has 6 rings (SSSR count). The van der Waals surface area contributed by atoms with Crippen molar-refractivity contribution in [3.8, 4) is 17.6 Å². The standard InChI is InChI=1S/C28H39NO4/c1-26(2)24-8-9-28(33-26)22-14-18(12-19(15-22)17-31)13-21-6-7-23(32)16-20(21)4-3-5-25(28)27(24,29)10-11-30/h6-7,16,18-19,22,24-25,30-32H,4,8-15,17,29H2,1-2H3/t18-,19+,22-,24-,25-,27-,28+/m0/s1. The Morgan fingerprint density at radius 2 is 1.97 bits per heavy atom. The number of aliphatic hydroxyl groups excluding tert-OH is 2. The molecule has 33 heavy (non-hydrogen) atoms. The summed E-state index contributed by atoms with van der Waals surface area (Å²) in [4.78, 5) is 0. The van der Waals surface area contributed by atoms with Gasteiger partial charge in [0.25, 0.3) is 0 Å². The predicted octanol–water partition coefficient (Wildman–Crippen LogP) is 3.17. The van der Waals surface area contributed by atoms with Crippen LogP contribution in [0, 0.1) is 41.4 Å². The van der Waals surface area contributed by atoms with Gasteiger partial charge in [0.05, 0.1) is 17.1 Å². The van der Waals surface area contributed by atoms with E-state index in [0.29, 0.717) is 18.8 Å². The first-order valence-corrected chi connectivity index (χ1v) is 12.7. The lowest BCUT2D eigenvalue weighted by molar-refractivity contribution is -0.307. The van der Waals surface area contributed by atoms with Crippen LogP contribution in [-0.2, 0) is 17.6 Å². The highest BCUT2D eigenvalue weighted by molar-refractivity contribution is 5.39. The van der Waals surface area contributed by atoms with Crippen molar-refractivity contribution in [1.82, 2.24) is 0 Å². The Bertz CT molecular complexity index is 964. The third-order valence-corrected chi connectivity index (χ3v) is 9.41. The van der Waals surface area contributed by atoms with Crippen molar-refractivity contribution in [3.63, 3.8) is 0 Å². The molecule has 5 nitrogen and oxygen atoms in total. The lowest BCUT2D eigenvalue weighted by Gasteiger charge is -2.68. The van der Waals surface area contributed by atoms with Gasteiger partial charge in [-0.1, -0.05) is 17.9 Å². The van der Waals surface area contributed by atoms with Crippen LogP contribution in [0.1, 0.15) is 63.5 Å². The minimum atomic E-state index is -0.612. The number of hydrogen-bond acceptors (Lipinski definition) is 5. The van der Waals surface area contributed by atoms with Gasteiger partial charge in [0.1, 0.15) is 5.75 Å². The summed E-state index contributed by atoms with van der Waals surface area (Å²) in [6, 6.07) is 5.66. The van der Waals surface area contributed by atoms with E-state index in [1.165, 1.54) is 5.56 Å². The summed E-state index contributed by atoms with van der Waals surface area (Å²) >= 11 is 0. The molecule has 1 spiro atoms. The predicted molar refractivity (Wildman–Crippen MR) is 127 cm³/mol. The van der Waals surface area contributed by atoms with Crippen LogP contribution in [0.25, 0.3) is 0 Å². The molecule has 7 atom stereocenters. The molecule has 5 heteroatoms. The van der Waals surface area contributed by atoms with Gasteiger partial charge in [-0.15, -0.1) is 0 Å². The largest absolute Gasteiger partial charge is 0.508 e. The lowest BCUT2D eigenvalue weighted by Crippen LogP contribution is -2.77. The molecule has 4 fully saturated rings. The van der Waals surface area contributed by atoms with Crippen molar-refractivity contribution in [2.45, 2.75) is 82.0 Å². The Labute approximate surface area is 197 Å². The topological polar surface area (TPSA) is 95.9 Å². The maximum atomic E-state index is 10.2. The van der Waals surface area contributed by atoms with Crippen molar-refractivity contribution in [2.75, 3.05) is 13.2 Å². The number of fused-ring (bicyclic) bond motifs is 5. The Hall–Kier alpha value is -1.58. The maximum Gasteiger partial charge on any atom is 0.115 e. The fourth-order valence-corrected chi connectivity index (χ4v) is 8.21. The van der Waals surface area contributed by atoms with Gasteiger partial charge in [-0.3, -0.25) is 0 Å². The Kier molecular flexibility index (Phi) is 5.81. The summed E-state index contributed by atoms with van der Waals surface area (Å²) in [7, 11) is 0. The van der Waals surface area contributed by atoms with Gasteiger partial charge in [-0.05, 0) is 99.8 Å². The second-order valence-electron chi connectivity index (χ2n) is 11.7. The summed E-state index contributed by atoms with van der Waals surface area (Å²) < 4.78 is 7.07. The highest BCUT2D eigenvalue weighted by Crippen LogP contribution is 2.62. The molecule has 2 aliphatic heterocycles. The van der Waals surface area contributed by atoms with Crippen LogP contribution in [-0.4, -0.2) is 45.3 Å². The highest BCUT2D eigenvalue weighted by Gasteiger charge is 2.68. The number of nitrogens with two attached hydrogens (primary N) is 1. The van der Waals surface area contributed by atoms with Gasteiger partial charge >= 0.3 is 0 Å². The average molecular weight is 454 g/mol. The molecule has 4 bridgehead atoms. The Balaban J connectivity index is 1.66. The smallest absolute Gasteiger partial charge is 0.115 e. The second-order valence-corrected chi connectivity index (χ2v) is 11.7. The van der Waals surface area contributed by atoms with E-state index in [0.717, 1.165) is 44.1 Å². The average Bonchev–Trinajstić information content (AvgIpc) is 2.77. The fraction of sp³-hybridized carbons (Fsp3) is 0.714. The monoisotopic (exact) mass is 453 g/mol. The summed E-state index contributed by atoms with van der Waals surface area (Å²) in [6.07, 6.45) is 6.92. The van der Waals surface area contributed by atoms with Crippen LogP contribution in [0.2, 0.25) is 0 Å². The lowest BCUT2D eigenvalue weighted by atomic mass is 9.48. The second kappa shape index (κ2) is 8.27. The molecule has 2 heterocycles. The third-order valence-electron chi connectivity index (χ3n) is 9.41. The fourth-order valence-electron chi connectivity index (χ4n) is 8.21. The van der Waals surface area contributed by atoms with Crippen molar-refractivity contribution in [2.24, 2.45) is 35.3 Å². The minimum absolute atomic E-state index is 0.0423. The van der Waals surface area contributed by atoms with E-state index < -0.39 is 11.1 Å². The quantitative estimate of drug-likeness (QED) is 0.527. The van der Waals surface area contributed by atoms with Crippen molar-refractivity contribution in [3.05, 3.63) is 29.3 Å². The van der Waals surface area contributed by atoms with Crippen LogP contribution in [0.15, 0.2) is 18.2 Å². The maximum absolute atomic E-state index is 10.2. The van der Waals surface area contributed by atoms with E-state index in [-0.39, 0.29) is 48.2 Å². The number of phenols is 1. The van der Waals surface area contributed by atoms with E-state index in [2.05, 4.69) is 25.7 Å². The van der Waals surface area contributed by atoms with Crippen LogP contribution in [0.5, 0.6) is 5.75 Å². The summed E-state index contributed by atoms with van der Waals surface area (Å²) in [5.74, 6) is 8.23. The van der Waals surface area contributed by atoms with E-state index >= 15 is 0 Å². The zero-order valence-electron chi connectivity index (χ0n) is 20.0. The number of phenolic OH excluding ortho intramolecular Hbond substituents is 1. The van der Waals surface area contributed by atoms with Gasteiger partial charge in [0.15, 0.2) is 0 Å². The van der Waals surface area contributed by atoms with E-state index in [1.807, 2.05) is 12.1 Å². The molecule has 3 aliphatic carbocycles. The molecule has 5 aliphatic rings. The first-order valence-electron chi connectivity index (χ1n) is 12.7. The van der Waals surface area contributed by atoms with Gasteiger partial charge in [0, 0.05) is 31.1 Å². The molecule has 2 saturated heterocycles. The molecule has 1 aromatic rings. The minimum Gasteiger partial charge on any atom is -0.508 e. The summed E-state index contributed by atoms with van der Waals surface area (Å²) in [6.45, 7) is 4.56. The number of ether oxygens (including phenoxy) is 1. The molecule has 0 unspecified atom stereocenters.